The van der Waals surface area contributed by atoms with Gasteiger partial charge in [0.05, 0.1) is 24.1 Å². The molecule has 1 aliphatic rings. The average molecular weight is 284 g/mol. The Kier molecular flexibility index (Phi) is 3.07. The zero-order chi connectivity index (χ0) is 13.6. The highest BCUT2D eigenvalue weighted by molar-refractivity contribution is 7.71. The third-order valence-electron chi connectivity index (χ3n) is 3.21. The Morgan fingerprint density at radius 1 is 1.37 bits per heavy atom. The quantitative estimate of drug-likeness (QED) is 0.455. The third-order valence-corrected chi connectivity index (χ3v) is 3.51. The average Bonchev–Trinajstić information content (AvgIpc) is 2.94. The molecule has 0 radical (unpaired) electrons. The molecule has 4 atom stereocenters. The molecule has 2 aromatic heterocycles. The molecule has 0 amide bonds. The van der Waals surface area contributed by atoms with Crippen LogP contribution in [0.4, 0.5) is 0 Å². The van der Waals surface area contributed by atoms with Crippen molar-refractivity contribution in [2.45, 2.75) is 24.4 Å². The summed E-state index contributed by atoms with van der Waals surface area (Å²) in [5, 5.41) is 35.5. The molecular weight excluding hydrogens is 272 g/mol. The largest absolute Gasteiger partial charge is 0.394 e. The van der Waals surface area contributed by atoms with Gasteiger partial charge in [0.1, 0.15) is 29.9 Å². The van der Waals surface area contributed by atoms with Crippen molar-refractivity contribution in [2.24, 2.45) is 0 Å². The molecule has 102 valence electrons. The first-order valence-electron chi connectivity index (χ1n) is 5.67. The first-order valence-corrected chi connectivity index (χ1v) is 6.08. The maximum atomic E-state index is 9.97. The van der Waals surface area contributed by atoms with Gasteiger partial charge in [-0.1, -0.05) is 12.2 Å². The molecule has 3 rings (SSSR count). The van der Waals surface area contributed by atoms with Gasteiger partial charge in [-0.15, -0.1) is 0 Å². The molecule has 0 spiro atoms. The van der Waals surface area contributed by atoms with Crippen LogP contribution in [0.5, 0.6) is 0 Å². The summed E-state index contributed by atoms with van der Waals surface area (Å²) >= 11 is 5.03. The van der Waals surface area contributed by atoms with E-state index in [1.807, 2.05) is 0 Å². The molecule has 8 nitrogen and oxygen atoms in total. The van der Waals surface area contributed by atoms with E-state index in [1.54, 1.807) is 0 Å². The second-order valence-corrected chi connectivity index (χ2v) is 4.71. The van der Waals surface area contributed by atoms with Crippen LogP contribution in [0.3, 0.4) is 0 Å². The van der Waals surface area contributed by atoms with Gasteiger partial charge in [-0.3, -0.25) is 5.10 Å². The highest BCUT2D eigenvalue weighted by Gasteiger charge is 2.44. The van der Waals surface area contributed by atoms with Gasteiger partial charge in [0.2, 0.25) is 0 Å². The lowest BCUT2D eigenvalue weighted by molar-refractivity contribution is -0.0236. The van der Waals surface area contributed by atoms with E-state index in [1.165, 1.54) is 6.33 Å². The molecule has 19 heavy (non-hydrogen) atoms. The summed E-state index contributed by atoms with van der Waals surface area (Å²) in [6.45, 7) is -0.377. The summed E-state index contributed by atoms with van der Waals surface area (Å²) in [6, 6.07) is 0. The molecule has 3 heterocycles. The predicted octanol–water partition coefficient (Wildman–Crippen LogP) is -0.831. The summed E-state index contributed by atoms with van der Waals surface area (Å²) in [5.74, 6) is 0. The fraction of sp³-hybridized carbons (Fsp3) is 0.500. The fourth-order valence-electron chi connectivity index (χ4n) is 2.22. The molecule has 5 N–H and O–H groups in total. The van der Waals surface area contributed by atoms with Crippen molar-refractivity contribution in [2.75, 3.05) is 6.61 Å². The van der Waals surface area contributed by atoms with Crippen LogP contribution in [0, 0.1) is 4.64 Å². The van der Waals surface area contributed by atoms with E-state index in [2.05, 4.69) is 20.2 Å². The van der Waals surface area contributed by atoms with E-state index in [9.17, 15) is 10.2 Å². The van der Waals surface area contributed by atoms with E-state index < -0.39 is 24.4 Å². The van der Waals surface area contributed by atoms with Crippen molar-refractivity contribution in [3.63, 3.8) is 0 Å². The standard InChI is InChI=1S/C10H12N4O4S/c15-1-3-7(16)8(17)9(18-3)5-4-6(14-13-5)10(19)12-2-11-4/h2-3,7-9,15-17H,1H2,(H,13,14)(H,11,12,19)/t3-,7+,8+,9+/m0/s1. The second kappa shape index (κ2) is 4.62. The number of aromatic nitrogens is 4. The molecule has 0 aromatic carbocycles. The maximum Gasteiger partial charge on any atom is 0.157 e. The SMILES string of the molecule is OC[C@@H]1O[C@H](c2[nH]nc3c(=S)nc[nH]c23)[C@H](O)[C@@H]1O. The minimum atomic E-state index is -1.16. The van der Waals surface area contributed by atoms with E-state index in [0.717, 1.165) is 0 Å². The summed E-state index contributed by atoms with van der Waals surface area (Å²) in [5.41, 5.74) is 1.49. The van der Waals surface area contributed by atoms with E-state index in [4.69, 9.17) is 22.1 Å². The highest BCUT2D eigenvalue weighted by Crippen LogP contribution is 2.34. The molecule has 1 fully saturated rings. The maximum absolute atomic E-state index is 9.97. The molecule has 0 unspecified atom stereocenters. The van der Waals surface area contributed by atoms with Crippen LogP contribution in [-0.2, 0) is 4.74 Å². The highest BCUT2D eigenvalue weighted by atomic mass is 32.1. The lowest BCUT2D eigenvalue weighted by Crippen LogP contribution is -2.32. The van der Waals surface area contributed by atoms with Gasteiger partial charge in [0.25, 0.3) is 0 Å². The number of aliphatic hydroxyl groups is 3. The smallest absolute Gasteiger partial charge is 0.157 e. The van der Waals surface area contributed by atoms with Crippen molar-refractivity contribution in [3.05, 3.63) is 16.7 Å². The monoisotopic (exact) mass is 284 g/mol. The number of aliphatic hydroxyl groups excluding tert-OH is 3. The number of aromatic amines is 2. The van der Waals surface area contributed by atoms with Crippen molar-refractivity contribution >= 4 is 23.3 Å². The fourth-order valence-corrected chi connectivity index (χ4v) is 2.42. The van der Waals surface area contributed by atoms with Crippen LogP contribution in [0.25, 0.3) is 11.0 Å². The van der Waals surface area contributed by atoms with Gasteiger partial charge < -0.3 is 25.0 Å². The van der Waals surface area contributed by atoms with Gasteiger partial charge in [-0.05, 0) is 0 Å². The first-order chi connectivity index (χ1) is 9.13. The number of rotatable bonds is 2. The summed E-state index contributed by atoms with van der Waals surface area (Å²) in [4.78, 5) is 6.78. The minimum Gasteiger partial charge on any atom is -0.394 e. The number of H-pyrrole nitrogens is 2. The molecule has 0 aliphatic carbocycles. The van der Waals surface area contributed by atoms with Crippen LogP contribution < -0.4 is 0 Å². The van der Waals surface area contributed by atoms with Crippen molar-refractivity contribution in [1.82, 2.24) is 20.2 Å². The molecule has 0 bridgehead atoms. The van der Waals surface area contributed by atoms with E-state index in [-0.39, 0.29) is 6.61 Å². The molecule has 0 saturated carbocycles. The lowest BCUT2D eigenvalue weighted by atomic mass is 10.1. The summed E-state index contributed by atoms with van der Waals surface area (Å²) in [7, 11) is 0. The van der Waals surface area contributed by atoms with Crippen LogP contribution in [0.15, 0.2) is 6.33 Å². The van der Waals surface area contributed by atoms with Gasteiger partial charge in [-0.2, -0.15) is 5.10 Å². The number of nitrogens with one attached hydrogen (secondary N) is 2. The predicted molar refractivity (Wildman–Crippen MR) is 65.8 cm³/mol. The zero-order valence-corrected chi connectivity index (χ0v) is 10.5. The van der Waals surface area contributed by atoms with E-state index in [0.29, 0.717) is 21.4 Å². The lowest BCUT2D eigenvalue weighted by Gasteiger charge is -2.12. The molecular formula is C10H12N4O4S. The Morgan fingerprint density at radius 2 is 2.16 bits per heavy atom. The third kappa shape index (κ3) is 1.86. The Morgan fingerprint density at radius 3 is 2.84 bits per heavy atom. The van der Waals surface area contributed by atoms with Crippen molar-refractivity contribution in [1.29, 1.82) is 0 Å². The van der Waals surface area contributed by atoms with Crippen molar-refractivity contribution in [3.8, 4) is 0 Å². The number of hydrogen-bond acceptors (Lipinski definition) is 7. The minimum absolute atomic E-state index is 0.322. The van der Waals surface area contributed by atoms with Gasteiger partial charge in [0, 0.05) is 0 Å². The number of nitrogens with zero attached hydrogens (tertiary/aromatic N) is 2. The molecule has 2 aromatic rings. The van der Waals surface area contributed by atoms with Crippen LogP contribution in [0.1, 0.15) is 11.8 Å². The summed E-state index contributed by atoms with van der Waals surface area (Å²) in [6.07, 6.45) is -2.53. The van der Waals surface area contributed by atoms with E-state index >= 15 is 0 Å². The Balaban J connectivity index is 2.06. The van der Waals surface area contributed by atoms with Crippen molar-refractivity contribution < 1.29 is 20.1 Å². The normalized spacial score (nSPS) is 31.1. The topological polar surface area (TPSA) is 127 Å². The van der Waals surface area contributed by atoms with Crippen LogP contribution in [-0.4, -0.2) is 60.4 Å². The number of ether oxygens (including phenoxy) is 1. The van der Waals surface area contributed by atoms with Crippen LogP contribution >= 0.6 is 12.2 Å². The first kappa shape index (κ1) is 12.6. The number of fused-ring (bicyclic) bond motifs is 1. The Labute approximate surface area is 112 Å². The molecule has 1 aliphatic heterocycles. The second-order valence-electron chi connectivity index (χ2n) is 4.33. The van der Waals surface area contributed by atoms with Crippen LogP contribution in [0.2, 0.25) is 0 Å². The molecule has 1 saturated heterocycles. The Bertz CT molecular complexity index is 656. The van der Waals surface area contributed by atoms with Gasteiger partial charge in [-0.25, -0.2) is 4.98 Å². The van der Waals surface area contributed by atoms with Gasteiger partial charge >= 0.3 is 0 Å². The Hall–Kier alpha value is -1.39. The zero-order valence-electron chi connectivity index (χ0n) is 9.65. The summed E-state index contributed by atoms with van der Waals surface area (Å²) < 4.78 is 5.75. The number of hydrogen-bond donors (Lipinski definition) is 5. The molecule has 9 heteroatoms. The van der Waals surface area contributed by atoms with Gasteiger partial charge in [0.15, 0.2) is 4.64 Å².